The Bertz CT molecular complexity index is 1430. The minimum absolute atomic E-state index is 0.239. The summed E-state index contributed by atoms with van der Waals surface area (Å²) in [6.45, 7) is 1.79. The number of hydrogen-bond donors (Lipinski definition) is 4. The van der Waals surface area contributed by atoms with Crippen molar-refractivity contribution in [2.45, 2.75) is 19.5 Å². The predicted octanol–water partition coefficient (Wildman–Crippen LogP) is 5.07. The van der Waals surface area contributed by atoms with Crippen LogP contribution in [-0.4, -0.2) is 31.6 Å². The molecule has 1 heterocycles. The standard InChI is InChI=1S/C28H26BrClN4O5/c1-16-24(27(36)33-20-10-6-9-19(30)13-20)25(34-28(37)32-16)18-11-21(29)26(22(12-18)38-2)39-15-23(35)31-14-17-7-4-3-5-8-17/h3-13,25H,14-15H2,1-2H3,(H,31,35)(H,33,36)(H2,32,34,37). The second-order valence-corrected chi connectivity index (χ2v) is 9.91. The molecule has 4 rings (SSSR count). The van der Waals surface area contributed by atoms with Crippen molar-refractivity contribution >= 4 is 51.1 Å². The molecule has 0 aromatic heterocycles. The van der Waals surface area contributed by atoms with Crippen molar-refractivity contribution in [3.05, 3.63) is 98.6 Å². The van der Waals surface area contributed by atoms with Gasteiger partial charge >= 0.3 is 6.03 Å². The molecule has 0 aliphatic carbocycles. The van der Waals surface area contributed by atoms with Crippen molar-refractivity contribution in [2.75, 3.05) is 19.0 Å². The van der Waals surface area contributed by atoms with E-state index in [1.165, 1.54) is 7.11 Å². The number of carbonyl (C=O) groups excluding carboxylic acids is 3. The summed E-state index contributed by atoms with van der Waals surface area (Å²) >= 11 is 9.54. The molecule has 0 saturated carbocycles. The van der Waals surface area contributed by atoms with E-state index in [0.29, 0.717) is 50.1 Å². The highest BCUT2D eigenvalue weighted by Crippen LogP contribution is 2.40. The Balaban J connectivity index is 1.53. The Morgan fingerprint density at radius 2 is 1.85 bits per heavy atom. The molecule has 4 amide bonds. The van der Waals surface area contributed by atoms with Crippen LogP contribution >= 0.6 is 27.5 Å². The Kier molecular flexibility index (Phi) is 9.11. The number of halogens is 2. The van der Waals surface area contributed by atoms with Gasteiger partial charge in [0.25, 0.3) is 11.8 Å². The summed E-state index contributed by atoms with van der Waals surface area (Å²) in [7, 11) is 1.46. The zero-order chi connectivity index (χ0) is 27.9. The lowest BCUT2D eigenvalue weighted by atomic mass is 9.94. The molecule has 1 unspecified atom stereocenters. The van der Waals surface area contributed by atoms with Crippen molar-refractivity contribution in [3.63, 3.8) is 0 Å². The number of benzene rings is 3. The van der Waals surface area contributed by atoms with E-state index in [0.717, 1.165) is 5.56 Å². The lowest BCUT2D eigenvalue weighted by Gasteiger charge is -2.29. The minimum atomic E-state index is -0.800. The number of anilines is 1. The molecular weight excluding hydrogens is 588 g/mol. The molecule has 3 aromatic rings. The van der Waals surface area contributed by atoms with Crippen LogP contribution in [0.15, 0.2) is 82.5 Å². The van der Waals surface area contributed by atoms with Gasteiger partial charge in [0.05, 0.1) is 23.2 Å². The normalized spacial score (nSPS) is 14.7. The lowest BCUT2D eigenvalue weighted by Crippen LogP contribution is -2.46. The summed E-state index contributed by atoms with van der Waals surface area (Å²) in [4.78, 5) is 38.0. The number of ether oxygens (including phenoxy) is 2. The molecular formula is C28H26BrClN4O5. The maximum absolute atomic E-state index is 13.3. The molecule has 0 bridgehead atoms. The SMILES string of the molecule is COc1cc(C2NC(=O)NC(C)=C2C(=O)Nc2cccc(Cl)c2)cc(Br)c1OCC(=O)NCc1ccccc1. The van der Waals surface area contributed by atoms with Gasteiger partial charge in [0.15, 0.2) is 18.1 Å². The first-order chi connectivity index (χ1) is 18.7. The van der Waals surface area contributed by atoms with Crippen LogP contribution in [-0.2, 0) is 16.1 Å². The average molecular weight is 614 g/mol. The van der Waals surface area contributed by atoms with Crippen LogP contribution in [0.3, 0.4) is 0 Å². The van der Waals surface area contributed by atoms with E-state index in [1.807, 2.05) is 30.3 Å². The molecule has 202 valence electrons. The van der Waals surface area contributed by atoms with Crippen LogP contribution in [0.4, 0.5) is 10.5 Å². The number of rotatable bonds is 9. The fourth-order valence-electron chi connectivity index (χ4n) is 4.04. The van der Waals surface area contributed by atoms with Gasteiger partial charge in [-0.25, -0.2) is 4.79 Å². The van der Waals surface area contributed by atoms with E-state index in [9.17, 15) is 14.4 Å². The highest BCUT2D eigenvalue weighted by atomic mass is 79.9. The zero-order valence-electron chi connectivity index (χ0n) is 21.1. The Morgan fingerprint density at radius 3 is 2.56 bits per heavy atom. The van der Waals surface area contributed by atoms with Gasteiger partial charge in [-0.2, -0.15) is 0 Å². The fraction of sp³-hybridized carbons (Fsp3) is 0.179. The largest absolute Gasteiger partial charge is 0.493 e. The molecule has 1 aliphatic rings. The number of carbonyl (C=O) groups is 3. The molecule has 3 aromatic carbocycles. The summed E-state index contributed by atoms with van der Waals surface area (Å²) < 4.78 is 11.8. The second-order valence-electron chi connectivity index (χ2n) is 8.62. The van der Waals surface area contributed by atoms with Crippen LogP contribution in [0.5, 0.6) is 11.5 Å². The zero-order valence-corrected chi connectivity index (χ0v) is 23.5. The second kappa shape index (κ2) is 12.7. The topological polar surface area (TPSA) is 118 Å². The number of urea groups is 1. The molecule has 0 spiro atoms. The minimum Gasteiger partial charge on any atom is -0.493 e. The molecule has 1 aliphatic heterocycles. The van der Waals surface area contributed by atoms with Crippen molar-refractivity contribution in [2.24, 2.45) is 0 Å². The fourth-order valence-corrected chi connectivity index (χ4v) is 4.81. The van der Waals surface area contributed by atoms with E-state index in [4.69, 9.17) is 21.1 Å². The molecule has 0 fully saturated rings. The molecule has 0 radical (unpaired) electrons. The van der Waals surface area contributed by atoms with Crippen molar-refractivity contribution < 1.29 is 23.9 Å². The molecule has 1 atom stereocenters. The summed E-state index contributed by atoms with van der Waals surface area (Å²) in [6.07, 6.45) is 0. The molecule has 39 heavy (non-hydrogen) atoms. The smallest absolute Gasteiger partial charge is 0.319 e. The van der Waals surface area contributed by atoms with Gasteiger partial charge in [-0.1, -0.05) is 48.0 Å². The van der Waals surface area contributed by atoms with Crippen LogP contribution in [0, 0.1) is 0 Å². The Hall–Kier alpha value is -4.02. The van der Waals surface area contributed by atoms with Crippen LogP contribution in [0.1, 0.15) is 24.1 Å². The number of allylic oxidation sites excluding steroid dienone is 1. The third-order valence-corrected chi connectivity index (χ3v) is 6.69. The molecule has 9 nitrogen and oxygen atoms in total. The number of amides is 4. The third kappa shape index (κ3) is 7.10. The summed E-state index contributed by atoms with van der Waals surface area (Å²) in [6, 6.07) is 18.4. The molecule has 11 heteroatoms. The first kappa shape index (κ1) is 28.0. The summed E-state index contributed by atoms with van der Waals surface area (Å²) in [5, 5.41) is 11.6. The number of methoxy groups -OCH3 is 1. The highest BCUT2D eigenvalue weighted by Gasteiger charge is 2.32. The monoisotopic (exact) mass is 612 g/mol. The highest BCUT2D eigenvalue weighted by molar-refractivity contribution is 9.10. The molecule has 0 saturated heterocycles. The predicted molar refractivity (Wildman–Crippen MR) is 152 cm³/mol. The Labute approximate surface area is 239 Å². The van der Waals surface area contributed by atoms with Crippen LogP contribution < -0.4 is 30.7 Å². The van der Waals surface area contributed by atoms with Gasteiger partial charge < -0.3 is 30.7 Å². The van der Waals surface area contributed by atoms with Crippen molar-refractivity contribution in [1.29, 1.82) is 0 Å². The van der Waals surface area contributed by atoms with Gasteiger partial charge in [0.1, 0.15) is 0 Å². The lowest BCUT2D eigenvalue weighted by molar-refractivity contribution is -0.123. The maximum atomic E-state index is 13.3. The number of hydrogen-bond acceptors (Lipinski definition) is 5. The van der Waals surface area contributed by atoms with Gasteiger partial charge in [-0.3, -0.25) is 9.59 Å². The summed E-state index contributed by atoms with van der Waals surface area (Å²) in [5.74, 6) is -0.101. The number of nitrogens with one attached hydrogen (secondary N) is 4. The van der Waals surface area contributed by atoms with Crippen LogP contribution in [0.25, 0.3) is 0 Å². The van der Waals surface area contributed by atoms with Gasteiger partial charge in [-0.05, 0) is 64.3 Å². The van der Waals surface area contributed by atoms with Crippen molar-refractivity contribution in [3.8, 4) is 11.5 Å². The van der Waals surface area contributed by atoms with Crippen molar-refractivity contribution in [1.82, 2.24) is 16.0 Å². The third-order valence-electron chi connectivity index (χ3n) is 5.86. The van der Waals surface area contributed by atoms with Gasteiger partial charge in [-0.15, -0.1) is 0 Å². The van der Waals surface area contributed by atoms with E-state index in [1.54, 1.807) is 43.3 Å². The molecule has 4 N–H and O–H groups in total. The first-order valence-electron chi connectivity index (χ1n) is 11.9. The van der Waals surface area contributed by atoms with Gasteiger partial charge in [0.2, 0.25) is 0 Å². The maximum Gasteiger partial charge on any atom is 0.319 e. The summed E-state index contributed by atoms with van der Waals surface area (Å²) in [5.41, 5.74) is 2.74. The van der Waals surface area contributed by atoms with E-state index >= 15 is 0 Å². The van der Waals surface area contributed by atoms with E-state index in [-0.39, 0.29) is 12.5 Å². The van der Waals surface area contributed by atoms with E-state index in [2.05, 4.69) is 37.2 Å². The van der Waals surface area contributed by atoms with Gasteiger partial charge in [0, 0.05) is 23.0 Å². The van der Waals surface area contributed by atoms with Crippen LogP contribution in [0.2, 0.25) is 5.02 Å². The first-order valence-corrected chi connectivity index (χ1v) is 13.1. The van der Waals surface area contributed by atoms with E-state index < -0.39 is 18.0 Å². The quantitative estimate of drug-likeness (QED) is 0.269. The Morgan fingerprint density at radius 1 is 1.08 bits per heavy atom. The average Bonchev–Trinajstić information content (AvgIpc) is 2.90.